The summed E-state index contributed by atoms with van der Waals surface area (Å²) in [5.41, 5.74) is 10.3. The molecule has 0 unspecified atom stereocenters. The molecule has 51 heavy (non-hydrogen) atoms. The molecule has 0 atom stereocenters. The number of nitrogens with zero attached hydrogens (tertiary/aromatic N) is 5. The number of fused-ring (bicyclic) bond motifs is 10. The Morgan fingerprint density at radius 2 is 1.12 bits per heavy atom. The summed E-state index contributed by atoms with van der Waals surface area (Å²) in [5, 5.41) is 5.99. The maximum atomic E-state index is 5.22. The van der Waals surface area contributed by atoms with E-state index in [1.165, 1.54) is 25.7 Å². The van der Waals surface area contributed by atoms with Gasteiger partial charge in [-0.05, 0) is 60.7 Å². The minimum Gasteiger partial charge on any atom is -0.307 e. The quantitative estimate of drug-likeness (QED) is 0.187. The number of benzene rings is 6. The highest BCUT2D eigenvalue weighted by Crippen LogP contribution is 2.43. The van der Waals surface area contributed by atoms with E-state index >= 15 is 0 Å². The predicted molar refractivity (Wildman–Crippen MR) is 212 cm³/mol. The van der Waals surface area contributed by atoms with Gasteiger partial charge in [0.05, 0.1) is 39.0 Å². The summed E-state index contributed by atoms with van der Waals surface area (Å²) in [5.74, 6) is 0.640. The minimum atomic E-state index is 0.640. The standard InChI is InChI=1S/C45H27N5S/c1-3-12-28(13-4-1)35-27-36(29-14-5-2-6-15-29)48-45(47-35)50-37-18-9-7-16-31(37)34-26-30(21-23-38(34)50)49-39-19-11-25-46-43(39)33-22-24-41-42(44(33)49)32-17-8-10-20-40(32)51-41/h1-27H. The Morgan fingerprint density at radius 1 is 0.451 bits per heavy atom. The molecule has 0 amide bonds. The third-order valence-corrected chi connectivity index (χ3v) is 11.1. The normalized spacial score (nSPS) is 11.9. The van der Waals surface area contributed by atoms with Crippen LogP contribution >= 0.6 is 11.3 Å². The second-order valence-corrected chi connectivity index (χ2v) is 13.9. The first-order chi connectivity index (χ1) is 25.3. The summed E-state index contributed by atoms with van der Waals surface area (Å²) in [7, 11) is 0. The molecule has 0 bridgehead atoms. The fourth-order valence-corrected chi connectivity index (χ4v) is 8.87. The fourth-order valence-electron chi connectivity index (χ4n) is 7.76. The van der Waals surface area contributed by atoms with Crippen LogP contribution in [0.3, 0.4) is 0 Å². The topological polar surface area (TPSA) is 48.5 Å². The molecule has 6 heteroatoms. The largest absolute Gasteiger partial charge is 0.307 e. The van der Waals surface area contributed by atoms with Crippen molar-refractivity contribution in [3.05, 3.63) is 164 Å². The molecule has 0 fully saturated rings. The van der Waals surface area contributed by atoms with Crippen molar-refractivity contribution in [1.29, 1.82) is 0 Å². The van der Waals surface area contributed by atoms with Crippen LogP contribution < -0.4 is 0 Å². The monoisotopic (exact) mass is 669 g/mol. The summed E-state index contributed by atoms with van der Waals surface area (Å²) in [4.78, 5) is 15.4. The first-order valence-electron chi connectivity index (χ1n) is 17.0. The van der Waals surface area contributed by atoms with Crippen molar-refractivity contribution in [2.75, 3.05) is 0 Å². The van der Waals surface area contributed by atoms with Gasteiger partial charge in [-0.15, -0.1) is 11.3 Å². The van der Waals surface area contributed by atoms with Crippen LogP contribution in [-0.4, -0.2) is 24.1 Å². The van der Waals surface area contributed by atoms with Gasteiger partial charge in [-0.25, -0.2) is 9.97 Å². The Labute approximate surface area is 296 Å². The lowest BCUT2D eigenvalue weighted by atomic mass is 10.1. The van der Waals surface area contributed by atoms with E-state index in [2.05, 4.69) is 149 Å². The van der Waals surface area contributed by atoms with Gasteiger partial charge in [0.25, 0.3) is 0 Å². The van der Waals surface area contributed by atoms with Gasteiger partial charge < -0.3 is 4.57 Å². The lowest BCUT2D eigenvalue weighted by molar-refractivity contribution is 0.995. The molecule has 5 aromatic heterocycles. The second kappa shape index (κ2) is 10.9. The third kappa shape index (κ3) is 4.24. The molecule has 5 nitrogen and oxygen atoms in total. The number of thiophene rings is 1. The average Bonchev–Trinajstić information content (AvgIpc) is 3.86. The van der Waals surface area contributed by atoms with Gasteiger partial charge in [-0.1, -0.05) is 97.1 Å². The molecule has 11 rings (SSSR count). The van der Waals surface area contributed by atoms with Gasteiger partial charge in [0.1, 0.15) is 0 Å². The SMILES string of the molecule is c1ccc(-c2cc(-c3ccccc3)nc(-n3c4ccccc4c4cc(-n5c6cccnc6c6ccc7sc8ccccc8c7c65)ccc43)n2)cc1. The van der Waals surface area contributed by atoms with E-state index in [1.54, 1.807) is 0 Å². The molecule has 11 aromatic rings. The van der Waals surface area contributed by atoms with Crippen molar-refractivity contribution >= 4 is 75.3 Å². The zero-order chi connectivity index (χ0) is 33.5. The highest BCUT2D eigenvalue weighted by Gasteiger charge is 2.21. The smallest absolute Gasteiger partial charge is 0.235 e. The van der Waals surface area contributed by atoms with Crippen molar-refractivity contribution in [2.45, 2.75) is 0 Å². The highest BCUT2D eigenvalue weighted by atomic mass is 32.1. The average molecular weight is 670 g/mol. The molecule has 0 saturated heterocycles. The Bertz CT molecular complexity index is 3080. The van der Waals surface area contributed by atoms with E-state index in [0.29, 0.717) is 5.95 Å². The van der Waals surface area contributed by atoms with Crippen molar-refractivity contribution in [2.24, 2.45) is 0 Å². The number of rotatable bonds is 4. The molecule has 6 aromatic carbocycles. The maximum absolute atomic E-state index is 5.22. The van der Waals surface area contributed by atoms with Crippen LogP contribution in [0.4, 0.5) is 0 Å². The van der Waals surface area contributed by atoms with E-state index < -0.39 is 0 Å². The van der Waals surface area contributed by atoms with E-state index in [0.717, 1.165) is 66.4 Å². The first kappa shape index (κ1) is 28.2. The molecular weight excluding hydrogens is 643 g/mol. The molecule has 0 spiro atoms. The van der Waals surface area contributed by atoms with Crippen LogP contribution in [0.1, 0.15) is 0 Å². The van der Waals surface area contributed by atoms with Crippen LogP contribution in [-0.2, 0) is 0 Å². The summed E-state index contributed by atoms with van der Waals surface area (Å²) >= 11 is 1.84. The molecule has 0 aliphatic carbocycles. The summed E-state index contributed by atoms with van der Waals surface area (Å²) in [6.07, 6.45) is 1.89. The first-order valence-corrected chi connectivity index (χ1v) is 17.9. The third-order valence-electron chi connectivity index (χ3n) is 9.99. The molecule has 0 aliphatic rings. The number of hydrogen-bond acceptors (Lipinski definition) is 4. The number of aromatic nitrogens is 5. The predicted octanol–water partition coefficient (Wildman–Crippen LogP) is 11.8. The van der Waals surface area contributed by atoms with E-state index in [4.69, 9.17) is 15.0 Å². The van der Waals surface area contributed by atoms with Crippen LogP contribution in [0.5, 0.6) is 0 Å². The Balaban J connectivity index is 1.21. The lowest BCUT2D eigenvalue weighted by Crippen LogP contribution is -2.04. The number of para-hydroxylation sites is 1. The fraction of sp³-hybridized carbons (Fsp3) is 0. The van der Waals surface area contributed by atoms with Crippen LogP contribution in [0, 0.1) is 0 Å². The van der Waals surface area contributed by atoms with Crippen molar-refractivity contribution < 1.29 is 0 Å². The van der Waals surface area contributed by atoms with E-state index in [-0.39, 0.29) is 0 Å². The Morgan fingerprint density at radius 3 is 1.90 bits per heavy atom. The van der Waals surface area contributed by atoms with E-state index in [9.17, 15) is 0 Å². The van der Waals surface area contributed by atoms with Gasteiger partial charge in [0, 0.05) is 59.3 Å². The van der Waals surface area contributed by atoms with E-state index in [1.807, 2.05) is 35.7 Å². The number of hydrogen-bond donors (Lipinski definition) is 0. The van der Waals surface area contributed by atoms with Gasteiger partial charge in [-0.3, -0.25) is 9.55 Å². The maximum Gasteiger partial charge on any atom is 0.235 e. The molecule has 0 N–H and O–H groups in total. The molecule has 0 aliphatic heterocycles. The van der Waals surface area contributed by atoms with Crippen molar-refractivity contribution in [3.63, 3.8) is 0 Å². The molecule has 0 saturated carbocycles. The van der Waals surface area contributed by atoms with Crippen LogP contribution in [0.25, 0.3) is 98.1 Å². The van der Waals surface area contributed by atoms with Gasteiger partial charge in [0.2, 0.25) is 5.95 Å². The van der Waals surface area contributed by atoms with Crippen molar-refractivity contribution in [1.82, 2.24) is 24.1 Å². The molecular formula is C45H27N5S. The Kier molecular flexibility index (Phi) is 6.05. The van der Waals surface area contributed by atoms with Gasteiger partial charge in [-0.2, -0.15) is 0 Å². The molecule has 0 radical (unpaired) electrons. The Hall–Kier alpha value is -6.63. The summed E-state index contributed by atoms with van der Waals surface area (Å²) < 4.78 is 7.18. The summed E-state index contributed by atoms with van der Waals surface area (Å²) in [6, 6.07) is 55.6. The molecule has 238 valence electrons. The number of pyridine rings is 1. The zero-order valence-electron chi connectivity index (χ0n) is 27.2. The van der Waals surface area contributed by atoms with Gasteiger partial charge >= 0.3 is 0 Å². The van der Waals surface area contributed by atoms with Crippen LogP contribution in [0.2, 0.25) is 0 Å². The van der Waals surface area contributed by atoms with Crippen molar-refractivity contribution in [3.8, 4) is 34.2 Å². The van der Waals surface area contributed by atoms with Crippen LogP contribution in [0.15, 0.2) is 164 Å². The zero-order valence-corrected chi connectivity index (χ0v) is 28.0. The lowest BCUT2D eigenvalue weighted by Gasteiger charge is -2.12. The summed E-state index contributed by atoms with van der Waals surface area (Å²) in [6.45, 7) is 0. The second-order valence-electron chi connectivity index (χ2n) is 12.9. The van der Waals surface area contributed by atoms with Gasteiger partial charge in [0.15, 0.2) is 0 Å². The molecule has 5 heterocycles. The minimum absolute atomic E-state index is 0.640. The highest BCUT2D eigenvalue weighted by molar-refractivity contribution is 7.26.